The van der Waals surface area contributed by atoms with Gasteiger partial charge in [-0.3, -0.25) is 10.1 Å². The monoisotopic (exact) mass is 540 g/mol. The molecule has 5 rings (SSSR count). The maximum absolute atomic E-state index is 13.1. The first-order chi connectivity index (χ1) is 18.7. The third-order valence-electron chi connectivity index (χ3n) is 5.94. The molecule has 0 aliphatic rings. The fourth-order valence-corrected chi connectivity index (χ4v) is 4.54. The molecule has 2 amide bonds. The molecular formula is C29H28N6O3S. The van der Waals surface area contributed by atoms with Gasteiger partial charge in [-0.1, -0.05) is 45.0 Å². The number of carbonyl (C=O) groups is 1. The van der Waals surface area contributed by atoms with Crippen molar-refractivity contribution in [3.63, 3.8) is 0 Å². The molecule has 10 heteroatoms. The molecule has 0 unspecified atom stereocenters. The van der Waals surface area contributed by atoms with Crippen LogP contribution in [0.1, 0.15) is 26.5 Å². The number of hydrogen-bond acceptors (Lipinski definition) is 6. The maximum Gasteiger partial charge on any atom is 0.324 e. The lowest BCUT2D eigenvalue weighted by Crippen LogP contribution is -2.21. The summed E-state index contributed by atoms with van der Waals surface area (Å²) in [5, 5.41) is 10.6. The Balaban J connectivity index is 1.37. The van der Waals surface area contributed by atoms with Crippen molar-refractivity contribution in [1.82, 2.24) is 19.7 Å². The van der Waals surface area contributed by atoms with E-state index in [2.05, 4.69) is 41.4 Å². The number of nitrogens with zero attached hydrogens (tertiary/aromatic N) is 3. The summed E-state index contributed by atoms with van der Waals surface area (Å²) in [7, 11) is 0. The lowest BCUT2D eigenvalue weighted by molar-refractivity contribution is 0.262. The smallest absolute Gasteiger partial charge is 0.324 e. The van der Waals surface area contributed by atoms with E-state index in [1.807, 2.05) is 48.7 Å². The molecule has 0 bridgehead atoms. The number of aromatic nitrogens is 4. The molecule has 0 saturated heterocycles. The van der Waals surface area contributed by atoms with Gasteiger partial charge in [0.25, 0.3) is 5.56 Å². The second kappa shape index (κ2) is 10.7. The van der Waals surface area contributed by atoms with Gasteiger partial charge in [-0.15, -0.1) is 11.8 Å². The first-order valence-electron chi connectivity index (χ1n) is 12.3. The number of nitrogens with one attached hydrogen (secondary N) is 3. The van der Waals surface area contributed by atoms with Crippen LogP contribution < -0.4 is 20.9 Å². The van der Waals surface area contributed by atoms with Gasteiger partial charge in [-0.25, -0.2) is 14.5 Å². The molecular weight excluding hydrogens is 512 g/mol. The molecule has 0 aliphatic heterocycles. The normalized spacial score (nSPS) is 11.4. The molecule has 5 aromatic rings. The molecule has 0 atom stereocenters. The van der Waals surface area contributed by atoms with Crippen LogP contribution in [-0.4, -0.2) is 32.0 Å². The van der Waals surface area contributed by atoms with E-state index in [1.165, 1.54) is 18.0 Å². The molecule has 0 aliphatic carbocycles. The number of fused-ring (bicyclic) bond motifs is 1. The Hall–Kier alpha value is -4.57. The van der Waals surface area contributed by atoms with Crippen LogP contribution >= 0.6 is 11.8 Å². The molecule has 198 valence electrons. The van der Waals surface area contributed by atoms with E-state index < -0.39 is 6.03 Å². The number of aromatic amines is 1. The van der Waals surface area contributed by atoms with Gasteiger partial charge in [-0.2, -0.15) is 5.10 Å². The first-order valence-corrected chi connectivity index (χ1v) is 13.5. The lowest BCUT2D eigenvalue weighted by atomic mass is 9.92. The van der Waals surface area contributed by atoms with Crippen molar-refractivity contribution < 1.29 is 9.53 Å². The van der Waals surface area contributed by atoms with Gasteiger partial charge in [0.15, 0.2) is 5.75 Å². The van der Waals surface area contributed by atoms with E-state index in [4.69, 9.17) is 9.84 Å². The number of ether oxygens (including phenoxy) is 1. The summed E-state index contributed by atoms with van der Waals surface area (Å²) >= 11 is 1.48. The molecule has 0 saturated carbocycles. The quantitative estimate of drug-likeness (QED) is 0.210. The third-order valence-corrected chi connectivity index (χ3v) is 6.71. The number of anilines is 2. The van der Waals surface area contributed by atoms with Crippen molar-refractivity contribution in [3.05, 3.63) is 95.0 Å². The molecule has 0 fully saturated rings. The zero-order valence-corrected chi connectivity index (χ0v) is 22.8. The zero-order valence-electron chi connectivity index (χ0n) is 22.0. The fraction of sp³-hybridized carbons (Fsp3) is 0.172. The second-order valence-electron chi connectivity index (χ2n) is 9.86. The first kappa shape index (κ1) is 26.1. The van der Waals surface area contributed by atoms with Crippen molar-refractivity contribution in [2.24, 2.45) is 0 Å². The number of amides is 2. The summed E-state index contributed by atoms with van der Waals surface area (Å²) in [5.41, 5.74) is 3.01. The highest BCUT2D eigenvalue weighted by Gasteiger charge is 2.22. The van der Waals surface area contributed by atoms with Gasteiger partial charge >= 0.3 is 6.03 Å². The van der Waals surface area contributed by atoms with Crippen LogP contribution in [0.15, 0.2) is 88.7 Å². The predicted octanol–water partition coefficient (Wildman–Crippen LogP) is 6.56. The number of urea groups is 1. The molecule has 3 aromatic carbocycles. The minimum atomic E-state index is -0.390. The Morgan fingerprint density at radius 3 is 2.54 bits per heavy atom. The fourth-order valence-electron chi connectivity index (χ4n) is 3.96. The summed E-state index contributed by atoms with van der Waals surface area (Å²) in [6.45, 7) is 6.24. The van der Waals surface area contributed by atoms with Gasteiger partial charge in [0.05, 0.1) is 28.8 Å². The molecule has 2 aromatic heterocycles. The molecule has 0 radical (unpaired) electrons. The zero-order chi connectivity index (χ0) is 27.6. The number of para-hydroxylation sites is 2. The Labute approximate surface area is 229 Å². The standard InChI is InChI=1S/C29H28N6O3S/c1-29(2,3)24-16-25(35(34-24)18-9-6-5-7-10-18)33-28(37)32-20-14-13-19(15-23(20)39-4)38-22-12-8-11-21-27(22)30-17-26(36)31-21/h5-17H,1-4H3,(H,31,36)(H2,32,33,37). The van der Waals surface area contributed by atoms with E-state index in [0.717, 1.165) is 16.3 Å². The Morgan fingerprint density at radius 2 is 1.79 bits per heavy atom. The number of carbonyl (C=O) groups excluding carboxylic acids is 1. The minimum absolute atomic E-state index is 0.191. The van der Waals surface area contributed by atoms with E-state index >= 15 is 0 Å². The van der Waals surface area contributed by atoms with Crippen molar-refractivity contribution in [1.29, 1.82) is 0 Å². The molecule has 3 N–H and O–H groups in total. The predicted molar refractivity (Wildman–Crippen MR) is 156 cm³/mol. The SMILES string of the molecule is CSc1cc(Oc2cccc3[nH]c(=O)cnc23)ccc1NC(=O)Nc1cc(C(C)(C)C)nn1-c1ccccc1. The van der Waals surface area contributed by atoms with Crippen molar-refractivity contribution in [2.45, 2.75) is 31.1 Å². The van der Waals surface area contributed by atoms with Crippen molar-refractivity contribution in [2.75, 3.05) is 16.9 Å². The highest BCUT2D eigenvalue weighted by Crippen LogP contribution is 2.34. The van der Waals surface area contributed by atoms with Gasteiger partial charge in [-0.05, 0) is 48.7 Å². The Kier molecular flexibility index (Phi) is 7.12. The van der Waals surface area contributed by atoms with Crippen LogP contribution in [0, 0.1) is 0 Å². The summed E-state index contributed by atoms with van der Waals surface area (Å²) in [6.07, 6.45) is 3.15. The van der Waals surface area contributed by atoms with Crippen LogP contribution in [-0.2, 0) is 5.41 Å². The third kappa shape index (κ3) is 5.80. The Morgan fingerprint density at radius 1 is 1.00 bits per heavy atom. The number of thioether (sulfide) groups is 1. The van der Waals surface area contributed by atoms with Gasteiger partial charge in [0.1, 0.15) is 17.1 Å². The Bertz CT molecular complexity index is 1710. The average Bonchev–Trinajstić information content (AvgIpc) is 3.34. The summed E-state index contributed by atoms with van der Waals surface area (Å²) < 4.78 is 7.83. The average molecular weight is 541 g/mol. The topological polar surface area (TPSA) is 114 Å². The van der Waals surface area contributed by atoms with Gasteiger partial charge < -0.3 is 15.0 Å². The largest absolute Gasteiger partial charge is 0.455 e. The number of rotatable bonds is 6. The summed E-state index contributed by atoms with van der Waals surface area (Å²) in [6, 6.07) is 21.9. The van der Waals surface area contributed by atoms with E-state index in [9.17, 15) is 9.59 Å². The number of H-pyrrole nitrogens is 1. The van der Waals surface area contributed by atoms with Crippen LogP contribution in [0.25, 0.3) is 16.7 Å². The van der Waals surface area contributed by atoms with Crippen LogP contribution in [0.3, 0.4) is 0 Å². The summed E-state index contributed by atoms with van der Waals surface area (Å²) in [5.74, 6) is 1.65. The minimum Gasteiger partial charge on any atom is -0.455 e. The molecule has 9 nitrogen and oxygen atoms in total. The molecule has 0 spiro atoms. The molecule has 39 heavy (non-hydrogen) atoms. The van der Waals surface area contributed by atoms with E-state index in [1.54, 1.807) is 35.0 Å². The summed E-state index contributed by atoms with van der Waals surface area (Å²) in [4.78, 5) is 32.5. The lowest BCUT2D eigenvalue weighted by Gasteiger charge is -2.14. The van der Waals surface area contributed by atoms with Crippen LogP contribution in [0.2, 0.25) is 0 Å². The maximum atomic E-state index is 13.1. The number of benzene rings is 3. The van der Waals surface area contributed by atoms with Crippen LogP contribution in [0.4, 0.5) is 16.3 Å². The number of hydrogen-bond donors (Lipinski definition) is 3. The molecule has 2 heterocycles. The van der Waals surface area contributed by atoms with Gasteiger partial charge in [0, 0.05) is 16.4 Å². The van der Waals surface area contributed by atoms with Gasteiger partial charge in [0.2, 0.25) is 0 Å². The highest BCUT2D eigenvalue weighted by atomic mass is 32.2. The van der Waals surface area contributed by atoms with Crippen LogP contribution in [0.5, 0.6) is 11.5 Å². The van der Waals surface area contributed by atoms with Crippen molar-refractivity contribution >= 4 is 40.3 Å². The second-order valence-corrected chi connectivity index (χ2v) is 10.7. The highest BCUT2D eigenvalue weighted by molar-refractivity contribution is 7.98. The van der Waals surface area contributed by atoms with E-state index in [0.29, 0.717) is 34.0 Å². The van der Waals surface area contributed by atoms with Crippen molar-refractivity contribution in [3.8, 4) is 17.2 Å². The van der Waals surface area contributed by atoms with E-state index in [-0.39, 0.29) is 11.0 Å².